The minimum atomic E-state index is -0.273. The Morgan fingerprint density at radius 3 is 2.72 bits per heavy atom. The number of aromatic amines is 1. The van der Waals surface area contributed by atoms with Crippen molar-refractivity contribution in [2.45, 2.75) is 26.8 Å². The van der Waals surface area contributed by atoms with Crippen molar-refractivity contribution in [1.29, 1.82) is 0 Å². The summed E-state index contributed by atoms with van der Waals surface area (Å²) in [4.78, 5) is 25.0. The number of aromatic nitrogens is 3. The molecule has 1 aromatic heterocycles. The number of hydrogen-bond donors (Lipinski definition) is 3. The van der Waals surface area contributed by atoms with Crippen LogP contribution in [0.3, 0.4) is 0 Å². The van der Waals surface area contributed by atoms with Gasteiger partial charge in [-0.1, -0.05) is 35.9 Å². The van der Waals surface area contributed by atoms with Gasteiger partial charge in [0.05, 0.1) is 0 Å². The monoisotopic (exact) mass is 453 g/mol. The molecule has 8 nitrogen and oxygen atoms in total. The minimum Gasteiger partial charge on any atom is -0.382 e. The van der Waals surface area contributed by atoms with Gasteiger partial charge in [-0.25, -0.2) is 0 Å². The maximum Gasteiger partial charge on any atom is 0.251 e. The molecule has 3 N–H and O–H groups in total. The number of ether oxygens (including phenoxy) is 1. The van der Waals surface area contributed by atoms with Gasteiger partial charge in [-0.3, -0.25) is 19.3 Å². The standard InChI is InChI=1S/C23H27N5O3S/c1-3-31-13-5-12-24-22(30)18-6-4-7-19(14-18)25-20(29)15-28-21(26-27-23(28)32)17-10-8-16(2)9-11-17/h4,6-11,14H,3,5,12-13,15H2,1-2H3,(H,24,30)(H,25,29)(H,27,32). The molecule has 3 rings (SSSR count). The van der Waals surface area contributed by atoms with Crippen LogP contribution in [0.15, 0.2) is 48.5 Å². The first-order valence-electron chi connectivity index (χ1n) is 10.5. The fraction of sp³-hybridized carbons (Fsp3) is 0.304. The van der Waals surface area contributed by atoms with Gasteiger partial charge in [0, 0.05) is 36.6 Å². The molecule has 168 valence electrons. The molecule has 0 saturated heterocycles. The van der Waals surface area contributed by atoms with E-state index in [2.05, 4.69) is 20.8 Å². The summed E-state index contributed by atoms with van der Waals surface area (Å²) in [6.45, 7) is 5.72. The van der Waals surface area contributed by atoms with Crippen molar-refractivity contribution in [3.63, 3.8) is 0 Å². The summed E-state index contributed by atoms with van der Waals surface area (Å²) in [6, 6.07) is 14.6. The summed E-state index contributed by atoms with van der Waals surface area (Å²) in [5.74, 6) is 0.117. The molecule has 9 heteroatoms. The summed E-state index contributed by atoms with van der Waals surface area (Å²) >= 11 is 5.31. The molecule has 0 spiro atoms. The van der Waals surface area contributed by atoms with Gasteiger partial charge in [-0.15, -0.1) is 0 Å². The lowest BCUT2D eigenvalue weighted by Gasteiger charge is -2.10. The molecule has 0 aliphatic heterocycles. The van der Waals surface area contributed by atoms with Crippen LogP contribution in [0.5, 0.6) is 0 Å². The van der Waals surface area contributed by atoms with Crippen molar-refractivity contribution in [3.8, 4) is 11.4 Å². The third-order valence-electron chi connectivity index (χ3n) is 4.73. The number of aryl methyl sites for hydroxylation is 1. The van der Waals surface area contributed by atoms with E-state index in [1.54, 1.807) is 28.8 Å². The first kappa shape index (κ1) is 23.4. The van der Waals surface area contributed by atoms with Gasteiger partial charge >= 0.3 is 0 Å². The second-order valence-corrected chi connectivity index (χ2v) is 7.63. The number of benzene rings is 2. The normalized spacial score (nSPS) is 10.7. The maximum absolute atomic E-state index is 12.7. The van der Waals surface area contributed by atoms with E-state index in [1.165, 1.54) is 0 Å². The number of nitrogens with one attached hydrogen (secondary N) is 3. The molecule has 0 radical (unpaired) electrons. The van der Waals surface area contributed by atoms with Crippen LogP contribution in [0.25, 0.3) is 11.4 Å². The molecule has 1 heterocycles. The van der Waals surface area contributed by atoms with Crippen LogP contribution in [0.4, 0.5) is 5.69 Å². The lowest BCUT2D eigenvalue weighted by Crippen LogP contribution is -2.25. The van der Waals surface area contributed by atoms with Crippen molar-refractivity contribution in [2.24, 2.45) is 0 Å². The SMILES string of the molecule is CCOCCCNC(=O)c1cccc(NC(=O)Cn2c(-c3ccc(C)cc3)n[nH]c2=S)c1. The zero-order valence-electron chi connectivity index (χ0n) is 18.2. The van der Waals surface area contributed by atoms with E-state index in [9.17, 15) is 9.59 Å². The summed E-state index contributed by atoms with van der Waals surface area (Å²) < 4.78 is 7.26. The minimum absolute atomic E-state index is 0.00754. The molecule has 32 heavy (non-hydrogen) atoms. The maximum atomic E-state index is 12.7. The largest absolute Gasteiger partial charge is 0.382 e. The van der Waals surface area contributed by atoms with Gasteiger partial charge < -0.3 is 15.4 Å². The molecule has 0 aliphatic rings. The molecule has 0 saturated carbocycles. The van der Waals surface area contributed by atoms with Crippen LogP contribution in [0.1, 0.15) is 29.3 Å². The molecule has 0 atom stereocenters. The highest BCUT2D eigenvalue weighted by atomic mass is 32.1. The highest BCUT2D eigenvalue weighted by molar-refractivity contribution is 7.71. The predicted molar refractivity (Wildman–Crippen MR) is 126 cm³/mol. The highest BCUT2D eigenvalue weighted by Gasteiger charge is 2.13. The van der Waals surface area contributed by atoms with E-state index in [0.29, 0.717) is 41.6 Å². The Morgan fingerprint density at radius 1 is 1.19 bits per heavy atom. The molecule has 3 aromatic rings. The van der Waals surface area contributed by atoms with Crippen molar-refractivity contribution in [2.75, 3.05) is 25.1 Å². The molecule has 0 fully saturated rings. The van der Waals surface area contributed by atoms with E-state index in [4.69, 9.17) is 17.0 Å². The van der Waals surface area contributed by atoms with E-state index < -0.39 is 0 Å². The van der Waals surface area contributed by atoms with Crippen LogP contribution in [-0.2, 0) is 16.1 Å². The zero-order chi connectivity index (χ0) is 22.9. The van der Waals surface area contributed by atoms with Crippen LogP contribution in [0, 0.1) is 11.7 Å². The molecular weight excluding hydrogens is 426 g/mol. The van der Waals surface area contributed by atoms with Crippen molar-refractivity contribution in [1.82, 2.24) is 20.1 Å². The van der Waals surface area contributed by atoms with Gasteiger partial charge in [-0.05, 0) is 50.7 Å². The molecule has 0 aliphatic carbocycles. The zero-order valence-corrected chi connectivity index (χ0v) is 19.0. The predicted octanol–water partition coefficient (Wildman–Crippen LogP) is 3.71. The number of amides is 2. The topological polar surface area (TPSA) is 101 Å². The number of carbonyl (C=O) groups excluding carboxylic acids is 2. The molecule has 2 amide bonds. The van der Waals surface area contributed by atoms with E-state index >= 15 is 0 Å². The number of carbonyl (C=O) groups is 2. The molecular formula is C23H27N5O3S. The quantitative estimate of drug-likeness (QED) is 0.321. The Morgan fingerprint density at radius 2 is 1.97 bits per heavy atom. The number of hydrogen-bond acceptors (Lipinski definition) is 5. The van der Waals surface area contributed by atoms with Crippen molar-refractivity contribution >= 4 is 29.7 Å². The smallest absolute Gasteiger partial charge is 0.251 e. The number of rotatable bonds is 10. The number of anilines is 1. The second kappa shape index (κ2) is 11.4. The Labute approximate surface area is 192 Å². The van der Waals surface area contributed by atoms with Crippen molar-refractivity contribution < 1.29 is 14.3 Å². The Bertz CT molecular complexity index is 1120. The number of H-pyrrole nitrogens is 1. The Hall–Kier alpha value is -3.30. The van der Waals surface area contributed by atoms with Crippen molar-refractivity contribution in [3.05, 3.63) is 64.4 Å². The highest BCUT2D eigenvalue weighted by Crippen LogP contribution is 2.18. The molecule has 0 bridgehead atoms. The second-order valence-electron chi connectivity index (χ2n) is 7.24. The Balaban J connectivity index is 1.63. The summed E-state index contributed by atoms with van der Waals surface area (Å²) in [5.41, 5.74) is 2.99. The average molecular weight is 454 g/mol. The van der Waals surface area contributed by atoms with Gasteiger partial charge in [-0.2, -0.15) is 5.10 Å². The Kier molecular flexibility index (Phi) is 8.29. The van der Waals surface area contributed by atoms with Crippen LogP contribution in [-0.4, -0.2) is 46.3 Å². The van der Waals surface area contributed by atoms with Gasteiger partial charge in [0.25, 0.3) is 5.91 Å². The first-order valence-corrected chi connectivity index (χ1v) is 10.9. The van der Waals surface area contributed by atoms with Crippen LogP contribution in [0.2, 0.25) is 0 Å². The van der Waals surface area contributed by atoms with Gasteiger partial charge in [0.15, 0.2) is 10.6 Å². The molecule has 0 unspecified atom stereocenters. The third kappa shape index (κ3) is 6.35. The fourth-order valence-electron chi connectivity index (χ4n) is 3.09. The lowest BCUT2D eigenvalue weighted by molar-refractivity contribution is -0.116. The average Bonchev–Trinajstić information content (AvgIpc) is 3.14. The summed E-state index contributed by atoms with van der Waals surface area (Å²) in [6.07, 6.45) is 0.741. The van der Waals surface area contributed by atoms with E-state index in [0.717, 1.165) is 17.5 Å². The summed E-state index contributed by atoms with van der Waals surface area (Å²) in [5, 5.41) is 12.7. The van der Waals surface area contributed by atoms with Gasteiger partial charge in [0.2, 0.25) is 5.91 Å². The van der Waals surface area contributed by atoms with E-state index in [-0.39, 0.29) is 18.4 Å². The van der Waals surface area contributed by atoms with Crippen LogP contribution < -0.4 is 10.6 Å². The summed E-state index contributed by atoms with van der Waals surface area (Å²) in [7, 11) is 0. The lowest BCUT2D eigenvalue weighted by atomic mass is 10.1. The molecule has 2 aromatic carbocycles. The van der Waals surface area contributed by atoms with Crippen LogP contribution >= 0.6 is 12.2 Å². The first-order chi connectivity index (χ1) is 15.5. The van der Waals surface area contributed by atoms with Gasteiger partial charge in [0.1, 0.15) is 6.54 Å². The number of nitrogens with zero attached hydrogens (tertiary/aromatic N) is 2. The van der Waals surface area contributed by atoms with E-state index in [1.807, 2.05) is 38.1 Å². The third-order valence-corrected chi connectivity index (χ3v) is 5.05. The fourth-order valence-corrected chi connectivity index (χ4v) is 3.29.